The van der Waals surface area contributed by atoms with Crippen LogP contribution in [0.1, 0.15) is 52.3 Å². The molecule has 1 aromatic heterocycles. The Hall–Kier alpha value is -3.38. The molecule has 1 aromatic carbocycles. The zero-order valence-corrected chi connectivity index (χ0v) is 18.8. The van der Waals surface area contributed by atoms with Crippen LogP contribution in [-0.2, 0) is 17.6 Å². The van der Waals surface area contributed by atoms with Gasteiger partial charge in [-0.3, -0.25) is 9.59 Å². The van der Waals surface area contributed by atoms with E-state index in [-0.39, 0.29) is 34.8 Å². The smallest absolute Gasteiger partial charge is 0.455 e. The van der Waals surface area contributed by atoms with Crippen molar-refractivity contribution in [3.8, 4) is 0 Å². The predicted molar refractivity (Wildman–Crippen MR) is 113 cm³/mol. The number of alkyl halides is 7. The van der Waals surface area contributed by atoms with Gasteiger partial charge in [-0.05, 0) is 44.2 Å². The van der Waals surface area contributed by atoms with Crippen molar-refractivity contribution in [2.45, 2.75) is 57.0 Å². The zero-order chi connectivity index (χ0) is 26.5. The van der Waals surface area contributed by atoms with Crippen LogP contribution in [0.2, 0.25) is 0 Å². The minimum absolute atomic E-state index is 0.0356. The van der Waals surface area contributed by atoms with Crippen LogP contribution in [0, 0.1) is 6.92 Å². The van der Waals surface area contributed by atoms with Crippen LogP contribution in [0.3, 0.4) is 0 Å². The molecule has 2 aromatic rings. The third-order valence-corrected chi connectivity index (χ3v) is 6.20. The molecule has 0 spiro atoms. The molecular formula is C23H20F7N3O3. The molecule has 36 heavy (non-hydrogen) atoms. The summed E-state index contributed by atoms with van der Waals surface area (Å²) in [6.45, 7) is 1.95. The molecule has 0 saturated heterocycles. The standard InChI is InChI=1S/C23H20F7N3O3/c1-12-17-14(31-32-20(35)21(24,25)22(26,27)23(28,29)30)8-4-10-16(17)36-18(12)19(34)33-11-5-7-13-6-2-3-9-15(13)33/h2-3,6,9H,4-5,7-8,10-11H2,1H3,(H,32,35)/b31-14+. The minimum atomic E-state index is -6.65. The largest absolute Gasteiger partial charge is 0.460 e. The number of para-hydroxylation sites is 1. The lowest BCUT2D eigenvalue weighted by Gasteiger charge is -2.28. The average Bonchev–Trinajstić information content (AvgIpc) is 3.17. The van der Waals surface area contributed by atoms with Gasteiger partial charge in [-0.1, -0.05) is 18.2 Å². The first-order chi connectivity index (χ1) is 16.8. The number of hydrazone groups is 1. The van der Waals surface area contributed by atoms with Crippen LogP contribution < -0.4 is 10.3 Å². The molecule has 2 aliphatic rings. The topological polar surface area (TPSA) is 74.9 Å². The Morgan fingerprint density at radius 1 is 1.00 bits per heavy atom. The molecule has 0 fully saturated rings. The van der Waals surface area contributed by atoms with Gasteiger partial charge in [0.2, 0.25) is 0 Å². The lowest BCUT2D eigenvalue weighted by atomic mass is 9.93. The summed E-state index contributed by atoms with van der Waals surface area (Å²) < 4.78 is 96.5. The maximum Gasteiger partial charge on any atom is 0.460 e. The van der Waals surface area contributed by atoms with Crippen molar-refractivity contribution in [2.24, 2.45) is 5.10 Å². The molecule has 1 aliphatic carbocycles. The highest BCUT2D eigenvalue weighted by Crippen LogP contribution is 2.46. The number of anilines is 1. The highest BCUT2D eigenvalue weighted by molar-refractivity contribution is 6.10. The van der Waals surface area contributed by atoms with E-state index in [1.807, 2.05) is 12.1 Å². The van der Waals surface area contributed by atoms with Crippen molar-refractivity contribution in [3.63, 3.8) is 0 Å². The summed E-state index contributed by atoms with van der Waals surface area (Å²) >= 11 is 0. The Bertz CT molecular complexity index is 1230. The molecule has 6 nitrogen and oxygen atoms in total. The molecule has 13 heteroatoms. The van der Waals surface area contributed by atoms with Gasteiger partial charge in [0.05, 0.1) is 5.71 Å². The molecule has 0 bridgehead atoms. The second kappa shape index (κ2) is 8.93. The van der Waals surface area contributed by atoms with Crippen LogP contribution in [0.4, 0.5) is 36.4 Å². The highest BCUT2D eigenvalue weighted by Gasteiger charge is 2.76. The summed E-state index contributed by atoms with van der Waals surface area (Å²) in [4.78, 5) is 26.5. The van der Waals surface area contributed by atoms with E-state index < -0.39 is 29.8 Å². The number of carbonyl (C=O) groups is 2. The first-order valence-corrected chi connectivity index (χ1v) is 11.0. The van der Waals surface area contributed by atoms with Gasteiger partial charge >= 0.3 is 23.9 Å². The van der Waals surface area contributed by atoms with Gasteiger partial charge in [-0.2, -0.15) is 35.8 Å². The number of carbonyl (C=O) groups excluding carboxylic acids is 2. The van der Waals surface area contributed by atoms with Gasteiger partial charge in [0.1, 0.15) is 5.76 Å². The first-order valence-electron chi connectivity index (χ1n) is 11.0. The van der Waals surface area contributed by atoms with Gasteiger partial charge in [0, 0.05) is 29.8 Å². The number of halogens is 7. The van der Waals surface area contributed by atoms with E-state index in [9.17, 15) is 40.3 Å². The second-order valence-electron chi connectivity index (χ2n) is 8.54. The van der Waals surface area contributed by atoms with Crippen LogP contribution in [0.25, 0.3) is 0 Å². The molecule has 194 valence electrons. The lowest BCUT2D eigenvalue weighted by Crippen LogP contribution is -2.58. The average molecular weight is 519 g/mol. The number of rotatable bonds is 4. The van der Waals surface area contributed by atoms with Crippen molar-refractivity contribution in [1.29, 1.82) is 0 Å². The van der Waals surface area contributed by atoms with E-state index in [4.69, 9.17) is 4.42 Å². The Morgan fingerprint density at radius 3 is 2.39 bits per heavy atom. The van der Waals surface area contributed by atoms with Crippen molar-refractivity contribution < 1.29 is 44.7 Å². The van der Waals surface area contributed by atoms with Crippen molar-refractivity contribution in [2.75, 3.05) is 11.4 Å². The fourth-order valence-corrected chi connectivity index (χ4v) is 4.36. The Kier molecular flexibility index (Phi) is 6.38. The molecule has 0 unspecified atom stereocenters. The molecule has 2 amide bonds. The normalized spacial score (nSPS) is 17.6. The fraction of sp³-hybridized carbons (Fsp3) is 0.435. The van der Waals surface area contributed by atoms with Gasteiger partial charge in [-0.15, -0.1) is 0 Å². The van der Waals surface area contributed by atoms with Crippen LogP contribution in [0.15, 0.2) is 33.8 Å². The van der Waals surface area contributed by atoms with E-state index in [0.717, 1.165) is 29.5 Å². The van der Waals surface area contributed by atoms with Crippen LogP contribution in [0.5, 0.6) is 0 Å². The van der Waals surface area contributed by atoms with E-state index >= 15 is 0 Å². The van der Waals surface area contributed by atoms with Gasteiger partial charge in [0.15, 0.2) is 5.76 Å². The highest BCUT2D eigenvalue weighted by atomic mass is 19.4. The zero-order valence-electron chi connectivity index (χ0n) is 18.8. The van der Waals surface area contributed by atoms with E-state index in [1.165, 1.54) is 6.92 Å². The van der Waals surface area contributed by atoms with Crippen LogP contribution >= 0.6 is 0 Å². The number of hydrogen-bond donors (Lipinski definition) is 1. The minimum Gasteiger partial charge on any atom is -0.455 e. The summed E-state index contributed by atoms with van der Waals surface area (Å²) in [5.41, 5.74) is 3.27. The molecule has 2 heterocycles. The summed E-state index contributed by atoms with van der Waals surface area (Å²) in [5.74, 6) is -15.8. The number of nitrogens with zero attached hydrogens (tertiary/aromatic N) is 2. The molecule has 4 rings (SSSR count). The fourth-order valence-electron chi connectivity index (χ4n) is 4.36. The molecular weight excluding hydrogens is 499 g/mol. The van der Waals surface area contributed by atoms with Gasteiger partial charge in [-0.25, -0.2) is 5.43 Å². The summed E-state index contributed by atoms with van der Waals surface area (Å²) in [6.07, 6.45) is -4.36. The van der Waals surface area contributed by atoms with Crippen molar-refractivity contribution in [3.05, 3.63) is 52.5 Å². The monoisotopic (exact) mass is 519 g/mol. The summed E-state index contributed by atoms with van der Waals surface area (Å²) in [7, 11) is 0. The van der Waals surface area contributed by atoms with Crippen molar-refractivity contribution in [1.82, 2.24) is 5.43 Å². The Balaban J connectivity index is 1.62. The molecule has 1 N–H and O–H groups in total. The lowest BCUT2D eigenvalue weighted by molar-refractivity contribution is -0.344. The summed E-state index contributed by atoms with van der Waals surface area (Å²) in [5, 5.41) is 3.42. The number of amides is 2. The Labute approximate surface area is 200 Å². The number of aryl methyl sites for hydroxylation is 2. The van der Waals surface area contributed by atoms with Gasteiger partial charge in [0.25, 0.3) is 5.91 Å². The predicted octanol–water partition coefficient (Wildman–Crippen LogP) is 5.17. The number of furan rings is 1. The number of fused-ring (bicyclic) bond motifs is 2. The first kappa shape index (κ1) is 25.7. The molecule has 0 radical (unpaired) electrons. The van der Waals surface area contributed by atoms with Crippen molar-refractivity contribution >= 4 is 23.2 Å². The summed E-state index contributed by atoms with van der Waals surface area (Å²) in [6, 6.07) is 7.34. The molecule has 0 saturated carbocycles. The number of hydrogen-bond acceptors (Lipinski definition) is 4. The van der Waals surface area contributed by atoms with Gasteiger partial charge < -0.3 is 9.32 Å². The maximum absolute atomic E-state index is 13.6. The quantitative estimate of drug-likeness (QED) is 0.448. The molecule has 0 atom stereocenters. The third kappa shape index (κ3) is 4.13. The Morgan fingerprint density at radius 2 is 1.69 bits per heavy atom. The van der Waals surface area contributed by atoms with E-state index in [2.05, 4.69) is 5.10 Å². The number of nitrogens with one attached hydrogen (secondary N) is 1. The van der Waals surface area contributed by atoms with Crippen LogP contribution in [-0.4, -0.2) is 42.1 Å². The SMILES string of the molecule is Cc1c(C(=O)N2CCCc3ccccc32)oc2c1/C(=N/NC(=O)C(F)(F)C(F)(F)C(F)(F)F)CCC2. The maximum atomic E-state index is 13.6. The van der Waals surface area contributed by atoms with E-state index in [1.54, 1.807) is 17.0 Å². The molecule has 1 aliphatic heterocycles. The van der Waals surface area contributed by atoms with E-state index in [0.29, 0.717) is 19.4 Å². The third-order valence-electron chi connectivity index (χ3n) is 6.20. The second-order valence-corrected chi connectivity index (χ2v) is 8.54. The number of benzene rings is 1.